The van der Waals surface area contributed by atoms with E-state index in [1.54, 1.807) is 0 Å². The predicted molar refractivity (Wildman–Crippen MR) is 52.7 cm³/mol. The van der Waals surface area contributed by atoms with Crippen LogP contribution in [0.5, 0.6) is 0 Å². The highest BCUT2D eigenvalue weighted by atomic mass is 14.6. The molecule has 0 amide bonds. The van der Waals surface area contributed by atoms with Crippen molar-refractivity contribution in [2.45, 2.75) is 13.3 Å². The third kappa shape index (κ3) is 2.25. The summed E-state index contributed by atoms with van der Waals surface area (Å²) in [6.45, 7) is 1.95. The highest BCUT2D eigenvalue weighted by Crippen LogP contribution is 2.14. The fourth-order valence-electron chi connectivity index (χ4n) is 1.03. The van der Waals surface area contributed by atoms with Crippen LogP contribution in [-0.2, 0) is 0 Å². The lowest BCUT2D eigenvalue weighted by Crippen LogP contribution is -1.92. The van der Waals surface area contributed by atoms with Crippen LogP contribution in [0, 0.1) is 30.1 Å². The fourth-order valence-corrected chi connectivity index (χ4v) is 1.03. The van der Waals surface area contributed by atoms with E-state index in [9.17, 15) is 0 Å². The van der Waals surface area contributed by atoms with Gasteiger partial charge in [-0.2, -0.15) is 5.26 Å². The van der Waals surface area contributed by atoms with Crippen LogP contribution >= 0.6 is 0 Å². The number of hydrogen-bond donors (Lipinski definition) is 1. The molecule has 2 heteroatoms. The molecule has 0 unspecified atom stereocenters. The van der Waals surface area contributed by atoms with Gasteiger partial charge in [0.25, 0.3) is 0 Å². The Balaban J connectivity index is 3.03. The van der Waals surface area contributed by atoms with Crippen molar-refractivity contribution < 1.29 is 0 Å². The molecule has 1 aromatic rings. The number of aryl methyl sites for hydroxylation is 1. The Labute approximate surface area is 78.0 Å². The summed E-state index contributed by atoms with van der Waals surface area (Å²) < 4.78 is 0. The molecule has 0 saturated carbocycles. The maximum atomic E-state index is 8.30. The molecule has 0 aliphatic rings. The number of hydrogen-bond acceptors (Lipinski definition) is 2. The summed E-state index contributed by atoms with van der Waals surface area (Å²) in [6.07, 6.45) is 0.244. The summed E-state index contributed by atoms with van der Waals surface area (Å²) in [4.78, 5) is 0. The minimum absolute atomic E-state index is 0.244. The van der Waals surface area contributed by atoms with Crippen molar-refractivity contribution in [3.05, 3.63) is 29.3 Å². The first-order valence-electron chi connectivity index (χ1n) is 3.96. The summed E-state index contributed by atoms with van der Waals surface area (Å²) in [6, 6.07) is 7.61. The van der Waals surface area contributed by atoms with Gasteiger partial charge in [0.05, 0.1) is 18.1 Å². The van der Waals surface area contributed by atoms with E-state index in [4.69, 9.17) is 11.0 Å². The third-order valence-corrected chi connectivity index (χ3v) is 1.69. The minimum atomic E-state index is 0.244. The summed E-state index contributed by atoms with van der Waals surface area (Å²) in [5.74, 6) is 5.63. The van der Waals surface area contributed by atoms with Crippen molar-refractivity contribution in [1.82, 2.24) is 0 Å². The van der Waals surface area contributed by atoms with Crippen LogP contribution in [0.4, 0.5) is 5.69 Å². The van der Waals surface area contributed by atoms with E-state index >= 15 is 0 Å². The normalized spacial score (nSPS) is 8.31. The number of anilines is 1. The molecule has 64 valence electrons. The fraction of sp³-hybridized carbons (Fsp3) is 0.182. The smallest absolute Gasteiger partial charge is 0.0966 e. The van der Waals surface area contributed by atoms with Crippen LogP contribution in [0.15, 0.2) is 18.2 Å². The first kappa shape index (κ1) is 9.16. The molecule has 0 aliphatic heterocycles. The van der Waals surface area contributed by atoms with Crippen molar-refractivity contribution in [2.75, 3.05) is 5.73 Å². The Hall–Kier alpha value is -1.93. The maximum absolute atomic E-state index is 8.30. The number of nitrogen functional groups attached to an aromatic ring is 1. The van der Waals surface area contributed by atoms with Gasteiger partial charge in [-0.25, -0.2) is 0 Å². The first-order chi connectivity index (χ1) is 6.25. The van der Waals surface area contributed by atoms with Gasteiger partial charge in [0.2, 0.25) is 0 Å². The van der Waals surface area contributed by atoms with E-state index in [0.29, 0.717) is 5.69 Å². The van der Waals surface area contributed by atoms with Crippen molar-refractivity contribution in [2.24, 2.45) is 0 Å². The molecule has 0 radical (unpaired) electrons. The van der Waals surface area contributed by atoms with E-state index in [1.807, 2.05) is 31.2 Å². The van der Waals surface area contributed by atoms with E-state index in [2.05, 4.69) is 11.8 Å². The Morgan fingerprint density at radius 1 is 1.46 bits per heavy atom. The van der Waals surface area contributed by atoms with Crippen LogP contribution in [0.3, 0.4) is 0 Å². The lowest BCUT2D eigenvalue weighted by atomic mass is 10.1. The second-order valence-electron chi connectivity index (χ2n) is 2.68. The maximum Gasteiger partial charge on any atom is 0.0966 e. The van der Waals surface area contributed by atoms with E-state index < -0.39 is 0 Å². The molecule has 0 heterocycles. The summed E-state index contributed by atoms with van der Waals surface area (Å²) in [5, 5.41) is 8.30. The van der Waals surface area contributed by atoms with Gasteiger partial charge in [-0.1, -0.05) is 24.0 Å². The molecular weight excluding hydrogens is 160 g/mol. The average molecular weight is 170 g/mol. The van der Waals surface area contributed by atoms with Crippen molar-refractivity contribution >= 4 is 5.69 Å². The molecule has 1 rings (SSSR count). The highest BCUT2D eigenvalue weighted by Gasteiger charge is 1.97. The lowest BCUT2D eigenvalue weighted by molar-refractivity contribution is 1.39. The number of rotatable bonds is 0. The molecule has 0 atom stereocenters. The molecule has 0 aliphatic carbocycles. The SMILES string of the molecule is Cc1cccc(N)c1C#CCC#N. The third-order valence-electron chi connectivity index (χ3n) is 1.69. The van der Waals surface area contributed by atoms with Gasteiger partial charge in [0.15, 0.2) is 0 Å². The molecule has 0 fully saturated rings. The van der Waals surface area contributed by atoms with Gasteiger partial charge >= 0.3 is 0 Å². The quantitative estimate of drug-likeness (QED) is 0.477. The van der Waals surface area contributed by atoms with Gasteiger partial charge in [0, 0.05) is 5.69 Å². The average Bonchev–Trinajstić information content (AvgIpc) is 2.10. The molecule has 0 bridgehead atoms. The monoisotopic (exact) mass is 170 g/mol. The molecule has 1 aromatic carbocycles. The van der Waals surface area contributed by atoms with E-state index in [0.717, 1.165) is 11.1 Å². The zero-order valence-electron chi connectivity index (χ0n) is 7.46. The van der Waals surface area contributed by atoms with Gasteiger partial charge in [0.1, 0.15) is 0 Å². The van der Waals surface area contributed by atoms with Gasteiger partial charge in [-0.05, 0) is 18.6 Å². The van der Waals surface area contributed by atoms with Crippen molar-refractivity contribution in [3.8, 4) is 17.9 Å². The van der Waals surface area contributed by atoms with E-state index in [-0.39, 0.29) is 6.42 Å². The second-order valence-corrected chi connectivity index (χ2v) is 2.68. The zero-order valence-corrected chi connectivity index (χ0v) is 7.46. The zero-order chi connectivity index (χ0) is 9.68. The second kappa shape index (κ2) is 4.18. The molecule has 0 aromatic heterocycles. The Morgan fingerprint density at radius 2 is 2.23 bits per heavy atom. The topological polar surface area (TPSA) is 49.8 Å². The predicted octanol–water partition coefficient (Wildman–Crippen LogP) is 1.84. The Kier molecular flexibility index (Phi) is 2.95. The summed E-state index contributed by atoms with van der Waals surface area (Å²) in [5.41, 5.74) is 8.27. The minimum Gasteiger partial charge on any atom is -0.398 e. The van der Waals surface area contributed by atoms with Crippen LogP contribution < -0.4 is 5.73 Å². The van der Waals surface area contributed by atoms with Crippen LogP contribution in [0.25, 0.3) is 0 Å². The molecule has 13 heavy (non-hydrogen) atoms. The van der Waals surface area contributed by atoms with E-state index in [1.165, 1.54) is 0 Å². The van der Waals surface area contributed by atoms with Gasteiger partial charge in [-0.3, -0.25) is 0 Å². The number of nitrogens with zero attached hydrogens (tertiary/aromatic N) is 1. The molecular formula is C11H10N2. The molecule has 2 nitrogen and oxygen atoms in total. The first-order valence-corrected chi connectivity index (χ1v) is 3.96. The van der Waals surface area contributed by atoms with Gasteiger partial charge < -0.3 is 5.73 Å². The van der Waals surface area contributed by atoms with Gasteiger partial charge in [-0.15, -0.1) is 0 Å². The Morgan fingerprint density at radius 3 is 2.85 bits per heavy atom. The number of nitrogens with two attached hydrogens (primary N) is 1. The van der Waals surface area contributed by atoms with Crippen LogP contribution in [0.2, 0.25) is 0 Å². The summed E-state index contributed by atoms with van der Waals surface area (Å²) >= 11 is 0. The van der Waals surface area contributed by atoms with Crippen molar-refractivity contribution in [3.63, 3.8) is 0 Å². The number of nitriles is 1. The van der Waals surface area contributed by atoms with Crippen LogP contribution in [0.1, 0.15) is 17.5 Å². The lowest BCUT2D eigenvalue weighted by Gasteiger charge is -2.00. The standard InChI is InChI=1S/C11H10N2/c1-9-5-4-7-11(13)10(9)6-2-3-8-12/h4-5,7H,3,13H2,1H3. The highest BCUT2D eigenvalue weighted by molar-refractivity contribution is 5.59. The molecule has 0 saturated heterocycles. The van der Waals surface area contributed by atoms with Crippen LogP contribution in [-0.4, -0.2) is 0 Å². The summed E-state index contributed by atoms with van der Waals surface area (Å²) in [7, 11) is 0. The number of benzene rings is 1. The Bertz CT molecular complexity index is 382. The molecule has 0 spiro atoms. The largest absolute Gasteiger partial charge is 0.398 e. The molecule has 2 N–H and O–H groups in total. The van der Waals surface area contributed by atoms with Crippen molar-refractivity contribution in [1.29, 1.82) is 5.26 Å².